The number of amides is 2. The molecule has 3 heterocycles. The van der Waals surface area contributed by atoms with Gasteiger partial charge >= 0.3 is 0 Å². The van der Waals surface area contributed by atoms with Crippen LogP contribution >= 0.6 is 0 Å². The van der Waals surface area contributed by atoms with Crippen LogP contribution in [0.4, 0.5) is 33.2 Å². The largest absolute Gasteiger partial charge is 0.495 e. The van der Waals surface area contributed by atoms with Crippen LogP contribution in [0.25, 0.3) is 11.0 Å². The van der Waals surface area contributed by atoms with Gasteiger partial charge in [-0.2, -0.15) is 9.97 Å². The third-order valence-corrected chi connectivity index (χ3v) is 6.99. The van der Waals surface area contributed by atoms with E-state index in [0.29, 0.717) is 54.3 Å². The smallest absolute Gasteiger partial charge is 0.253 e. The summed E-state index contributed by atoms with van der Waals surface area (Å²) in [4.78, 5) is 40.9. The number of nitrogens with one attached hydrogen (secondary N) is 3. The van der Waals surface area contributed by atoms with Crippen LogP contribution in [0.3, 0.4) is 0 Å². The van der Waals surface area contributed by atoms with E-state index in [-0.39, 0.29) is 36.3 Å². The molecule has 0 radical (unpaired) electrons. The van der Waals surface area contributed by atoms with Crippen molar-refractivity contribution in [3.8, 4) is 5.75 Å². The second kappa shape index (κ2) is 11.8. The molecule has 0 saturated carbocycles. The summed E-state index contributed by atoms with van der Waals surface area (Å²) in [7, 11) is 1.55. The van der Waals surface area contributed by atoms with Crippen LogP contribution in [0.2, 0.25) is 0 Å². The lowest BCUT2D eigenvalue weighted by Gasteiger charge is -2.24. The van der Waals surface area contributed by atoms with E-state index in [2.05, 4.69) is 25.6 Å². The maximum Gasteiger partial charge on any atom is 0.253 e. The summed E-state index contributed by atoms with van der Waals surface area (Å²) in [6, 6.07) is 9.62. The number of aliphatic hydroxyl groups is 1. The van der Waals surface area contributed by atoms with Crippen LogP contribution < -0.4 is 26.0 Å². The van der Waals surface area contributed by atoms with Gasteiger partial charge in [0.2, 0.25) is 11.9 Å². The van der Waals surface area contributed by atoms with Gasteiger partial charge in [-0.15, -0.1) is 0 Å². The first-order valence-electron chi connectivity index (χ1n) is 13.1. The molecule has 0 fully saturated rings. The molecule has 2 aromatic heterocycles. The lowest BCUT2D eigenvalue weighted by atomic mass is 10.1. The first-order valence-corrected chi connectivity index (χ1v) is 13.1. The number of benzene rings is 2. The van der Waals surface area contributed by atoms with Crippen molar-refractivity contribution in [1.82, 2.24) is 19.9 Å². The number of methoxy groups -OCH3 is 1. The van der Waals surface area contributed by atoms with E-state index in [1.165, 1.54) is 12.1 Å². The third-order valence-electron chi connectivity index (χ3n) is 6.99. The Bertz CT molecular complexity index is 1610. The van der Waals surface area contributed by atoms with Crippen molar-refractivity contribution in [2.45, 2.75) is 13.3 Å². The Morgan fingerprint density at radius 1 is 1.22 bits per heavy atom. The number of primary amides is 1. The predicted octanol–water partition coefficient (Wildman–Crippen LogP) is 2.89. The number of ether oxygens (including phenoxy) is 1. The zero-order valence-corrected chi connectivity index (χ0v) is 22.7. The van der Waals surface area contributed by atoms with Crippen LogP contribution in [0.5, 0.6) is 5.75 Å². The number of aliphatic hydroxyl groups excluding tert-OH is 1. The molecule has 2 amide bonds. The molecule has 5 rings (SSSR count). The third kappa shape index (κ3) is 5.62. The Morgan fingerprint density at radius 3 is 2.78 bits per heavy atom. The fraction of sp³-hybridized carbons (Fsp3) is 0.286. The topological polar surface area (TPSA) is 162 Å². The number of likely N-dealkylation sites (N-methyl/N-ethyl adjacent to an activating group) is 1. The average molecular weight is 563 g/mol. The van der Waals surface area contributed by atoms with Crippen molar-refractivity contribution < 1.29 is 23.8 Å². The molecule has 214 valence electrons. The van der Waals surface area contributed by atoms with Gasteiger partial charge < -0.3 is 36.1 Å². The number of fused-ring (bicyclic) bond motifs is 2. The Balaban J connectivity index is 1.48. The average Bonchev–Trinajstić information content (AvgIpc) is 3.59. The quantitative estimate of drug-likeness (QED) is 0.185. The molecule has 0 spiro atoms. The van der Waals surface area contributed by atoms with Gasteiger partial charge in [0.05, 0.1) is 42.6 Å². The molecule has 0 bridgehead atoms. The summed E-state index contributed by atoms with van der Waals surface area (Å²) in [5, 5.41) is 16.1. The number of aromatic nitrogens is 3. The number of halogens is 1. The zero-order chi connectivity index (χ0) is 29.1. The number of nitrogens with zero attached hydrogens (tertiary/aromatic N) is 4. The van der Waals surface area contributed by atoms with Gasteiger partial charge in [-0.1, -0.05) is 13.0 Å². The normalized spacial score (nSPS) is 12.6. The number of carbonyl (C=O) groups excluding carboxylic acids is 2. The summed E-state index contributed by atoms with van der Waals surface area (Å²) in [5.41, 5.74) is 8.06. The molecule has 0 atom stereocenters. The molecule has 41 heavy (non-hydrogen) atoms. The van der Waals surface area contributed by atoms with Crippen molar-refractivity contribution in [2.24, 2.45) is 5.73 Å². The summed E-state index contributed by atoms with van der Waals surface area (Å²) in [5.74, 6) is -0.684. The number of rotatable bonds is 11. The number of hydrogen-bond acceptors (Lipinski definition) is 9. The molecule has 2 aromatic carbocycles. The minimum atomic E-state index is -0.913. The summed E-state index contributed by atoms with van der Waals surface area (Å²) in [6.45, 7) is 3.72. The number of hydrogen-bond donors (Lipinski definition) is 5. The second-order valence-corrected chi connectivity index (χ2v) is 9.48. The number of nitrogens with two attached hydrogens (primary N) is 1. The zero-order valence-electron chi connectivity index (χ0n) is 22.7. The highest BCUT2D eigenvalue weighted by molar-refractivity contribution is 6.01. The lowest BCUT2D eigenvalue weighted by molar-refractivity contribution is -0.119. The van der Waals surface area contributed by atoms with E-state index in [1.54, 1.807) is 24.3 Å². The van der Waals surface area contributed by atoms with Crippen LogP contribution in [-0.4, -0.2) is 76.7 Å². The SMILES string of the molecule is CCN(CCO)CC(=O)N1CCc2cc(OC)c(Nc3nc(Nc4cccc(F)c4C(N)=O)c4cc[nH]c4n3)cc21. The van der Waals surface area contributed by atoms with E-state index in [9.17, 15) is 19.1 Å². The first-order chi connectivity index (χ1) is 19.8. The van der Waals surface area contributed by atoms with Gasteiger partial charge in [0, 0.05) is 25.0 Å². The van der Waals surface area contributed by atoms with Gasteiger partial charge in [-0.3, -0.25) is 14.5 Å². The van der Waals surface area contributed by atoms with Crippen molar-refractivity contribution in [3.05, 3.63) is 59.5 Å². The van der Waals surface area contributed by atoms with Crippen molar-refractivity contribution in [3.63, 3.8) is 0 Å². The van der Waals surface area contributed by atoms with Gasteiger partial charge in [0.1, 0.15) is 23.0 Å². The van der Waals surface area contributed by atoms with E-state index >= 15 is 0 Å². The van der Waals surface area contributed by atoms with E-state index < -0.39 is 11.7 Å². The van der Waals surface area contributed by atoms with Crippen molar-refractivity contribution >= 4 is 51.7 Å². The van der Waals surface area contributed by atoms with Crippen LogP contribution in [0.1, 0.15) is 22.8 Å². The van der Waals surface area contributed by atoms with Gasteiger partial charge in [0.15, 0.2) is 0 Å². The Labute approximate surface area is 235 Å². The summed E-state index contributed by atoms with van der Waals surface area (Å²) in [6.07, 6.45) is 2.36. The molecular weight excluding hydrogens is 531 g/mol. The molecule has 4 aromatic rings. The minimum Gasteiger partial charge on any atom is -0.495 e. The van der Waals surface area contributed by atoms with E-state index in [4.69, 9.17) is 10.5 Å². The standard InChI is InChI=1S/C28H31FN8O4/c1-3-36(11-12-38)15-23(39)37-10-8-16-13-22(41-2)20(14-21(16)37)33-28-34-26-17(7-9-31-26)27(35-28)32-19-6-4-5-18(29)24(19)25(30)40/h4-7,9,13-14,38H,3,8,10-12,15H2,1-2H3,(H2,30,40)(H3,31,32,33,34,35). The monoisotopic (exact) mass is 562 g/mol. The highest BCUT2D eigenvalue weighted by atomic mass is 19.1. The molecule has 1 aliphatic heterocycles. The van der Waals surface area contributed by atoms with Crippen molar-refractivity contribution in [1.29, 1.82) is 0 Å². The number of aromatic amines is 1. The first kappa shape index (κ1) is 27.8. The highest BCUT2D eigenvalue weighted by Gasteiger charge is 2.28. The van der Waals surface area contributed by atoms with Crippen LogP contribution in [0.15, 0.2) is 42.6 Å². The molecule has 0 aliphatic carbocycles. The molecule has 13 heteroatoms. The molecule has 0 saturated heterocycles. The minimum absolute atomic E-state index is 0.0198. The highest BCUT2D eigenvalue weighted by Crippen LogP contribution is 2.39. The predicted molar refractivity (Wildman–Crippen MR) is 154 cm³/mol. The fourth-order valence-electron chi connectivity index (χ4n) is 4.93. The molecule has 12 nitrogen and oxygen atoms in total. The van der Waals surface area contributed by atoms with Crippen LogP contribution in [0, 0.1) is 5.82 Å². The number of H-pyrrole nitrogens is 1. The second-order valence-electron chi connectivity index (χ2n) is 9.48. The Morgan fingerprint density at radius 2 is 2.05 bits per heavy atom. The van der Waals surface area contributed by atoms with Crippen molar-refractivity contribution in [2.75, 3.05) is 55.4 Å². The molecule has 0 unspecified atom stereocenters. The lowest BCUT2D eigenvalue weighted by Crippen LogP contribution is -2.40. The summed E-state index contributed by atoms with van der Waals surface area (Å²) >= 11 is 0. The van der Waals surface area contributed by atoms with E-state index in [1.807, 2.05) is 24.0 Å². The van der Waals surface area contributed by atoms with Crippen LogP contribution in [-0.2, 0) is 11.2 Å². The Kier molecular flexibility index (Phi) is 7.99. The summed E-state index contributed by atoms with van der Waals surface area (Å²) < 4.78 is 20.0. The van der Waals surface area contributed by atoms with Gasteiger partial charge in [-0.05, 0) is 48.9 Å². The molecular formula is C28H31FN8O4. The van der Waals surface area contributed by atoms with Gasteiger partial charge in [0.25, 0.3) is 5.91 Å². The van der Waals surface area contributed by atoms with Gasteiger partial charge in [-0.25, -0.2) is 4.39 Å². The number of carbonyl (C=O) groups is 2. The van der Waals surface area contributed by atoms with E-state index in [0.717, 1.165) is 17.3 Å². The Hall–Kier alpha value is -4.75. The maximum atomic E-state index is 14.4. The molecule has 6 N–H and O–H groups in total. The maximum absolute atomic E-state index is 14.4. The molecule has 1 aliphatic rings. The number of anilines is 5. The fourth-order valence-corrected chi connectivity index (χ4v) is 4.93.